The van der Waals surface area contributed by atoms with E-state index in [9.17, 15) is 9.59 Å². The number of carbonyl (C=O) groups is 2. The Morgan fingerprint density at radius 2 is 0.550 bits per heavy atom. The summed E-state index contributed by atoms with van der Waals surface area (Å²) in [5.74, 6) is -0.368. The number of carbonyl (C=O) groups excluding carboxylic acids is 2. The van der Waals surface area contributed by atoms with Gasteiger partial charge in [-0.05, 0) is 19.3 Å². The minimum atomic E-state index is -0.522. The van der Waals surface area contributed by atoms with Crippen molar-refractivity contribution < 1.29 is 23.8 Å². The van der Waals surface area contributed by atoms with Crippen molar-refractivity contribution in [2.24, 2.45) is 0 Å². The first kappa shape index (κ1) is 58.9. The first-order valence-electron chi connectivity index (χ1n) is 27.6. The molecule has 0 aliphatic heterocycles. The van der Waals surface area contributed by atoms with Gasteiger partial charge in [-0.25, -0.2) is 0 Å². The maximum Gasteiger partial charge on any atom is 0.306 e. The molecule has 0 saturated carbocycles. The average Bonchev–Trinajstić information content (AvgIpc) is 3.25. The Kier molecular flexibility index (Phi) is 51.3. The molecule has 0 saturated heterocycles. The second-order valence-electron chi connectivity index (χ2n) is 18.9. The first-order chi connectivity index (χ1) is 29.6. The molecule has 1 unspecified atom stereocenters. The second kappa shape index (κ2) is 52.2. The van der Waals surface area contributed by atoms with Gasteiger partial charge in [-0.1, -0.05) is 284 Å². The Morgan fingerprint density at radius 3 is 0.850 bits per heavy atom. The van der Waals surface area contributed by atoms with Crippen LogP contribution >= 0.6 is 0 Å². The van der Waals surface area contributed by atoms with Crippen LogP contribution in [0.1, 0.15) is 316 Å². The van der Waals surface area contributed by atoms with Gasteiger partial charge < -0.3 is 14.2 Å². The lowest BCUT2D eigenvalue weighted by Crippen LogP contribution is -2.30. The van der Waals surface area contributed by atoms with Crippen LogP contribution in [0.4, 0.5) is 0 Å². The maximum atomic E-state index is 12.8. The van der Waals surface area contributed by atoms with Gasteiger partial charge in [0.1, 0.15) is 6.61 Å². The summed E-state index contributed by atoms with van der Waals surface area (Å²) in [6.45, 7) is 7.91. The number of hydrogen-bond donors (Lipinski definition) is 0. The molecule has 0 bridgehead atoms. The zero-order valence-electron chi connectivity index (χ0n) is 41.3. The van der Waals surface area contributed by atoms with Crippen molar-refractivity contribution in [2.75, 3.05) is 19.8 Å². The van der Waals surface area contributed by atoms with E-state index in [1.54, 1.807) is 0 Å². The third-order valence-electron chi connectivity index (χ3n) is 12.6. The smallest absolute Gasteiger partial charge is 0.306 e. The van der Waals surface area contributed by atoms with Crippen molar-refractivity contribution in [2.45, 2.75) is 322 Å². The molecule has 0 radical (unpaired) electrons. The van der Waals surface area contributed by atoms with E-state index in [1.165, 1.54) is 250 Å². The molecule has 1 atom stereocenters. The highest BCUT2D eigenvalue weighted by atomic mass is 16.6. The minimum Gasteiger partial charge on any atom is -0.462 e. The van der Waals surface area contributed by atoms with Gasteiger partial charge in [-0.3, -0.25) is 9.59 Å². The fraction of sp³-hybridized carbons (Fsp3) is 0.964. The van der Waals surface area contributed by atoms with E-state index in [0.29, 0.717) is 26.1 Å². The molecule has 0 rings (SSSR count). The molecular formula is C55H108O5. The summed E-state index contributed by atoms with van der Waals surface area (Å²) in [5.41, 5.74) is 0. The van der Waals surface area contributed by atoms with Gasteiger partial charge in [0.15, 0.2) is 6.10 Å². The molecule has 0 aromatic rings. The molecule has 0 spiro atoms. The normalized spacial score (nSPS) is 12.0. The van der Waals surface area contributed by atoms with E-state index in [0.717, 1.165) is 32.1 Å². The highest BCUT2D eigenvalue weighted by Crippen LogP contribution is 2.17. The summed E-state index contributed by atoms with van der Waals surface area (Å²) in [6.07, 6.45) is 58.3. The zero-order valence-corrected chi connectivity index (χ0v) is 41.3. The van der Waals surface area contributed by atoms with Gasteiger partial charge in [-0.2, -0.15) is 0 Å². The summed E-state index contributed by atoms with van der Waals surface area (Å²) >= 11 is 0. The molecule has 358 valence electrons. The molecule has 0 aliphatic rings. The monoisotopic (exact) mass is 849 g/mol. The quantitative estimate of drug-likeness (QED) is 0.0451. The van der Waals surface area contributed by atoms with Crippen molar-refractivity contribution in [1.29, 1.82) is 0 Å². The lowest BCUT2D eigenvalue weighted by Gasteiger charge is -2.18. The number of hydrogen-bond acceptors (Lipinski definition) is 5. The van der Waals surface area contributed by atoms with Gasteiger partial charge in [0.2, 0.25) is 0 Å². The molecule has 60 heavy (non-hydrogen) atoms. The highest BCUT2D eigenvalue weighted by molar-refractivity contribution is 5.70. The van der Waals surface area contributed by atoms with Crippen LogP contribution in [0.2, 0.25) is 0 Å². The van der Waals surface area contributed by atoms with Crippen LogP contribution in [0.25, 0.3) is 0 Å². The zero-order chi connectivity index (χ0) is 43.5. The lowest BCUT2D eigenvalue weighted by molar-refractivity contribution is -0.163. The molecule has 0 heterocycles. The van der Waals surface area contributed by atoms with Crippen LogP contribution in [0.5, 0.6) is 0 Å². The largest absolute Gasteiger partial charge is 0.462 e. The Bertz CT molecular complexity index is 830. The van der Waals surface area contributed by atoms with Gasteiger partial charge in [0.05, 0.1) is 6.61 Å². The molecule has 5 heteroatoms. The summed E-state index contributed by atoms with van der Waals surface area (Å²) in [7, 11) is 0. The van der Waals surface area contributed by atoms with Crippen LogP contribution in [-0.4, -0.2) is 37.9 Å². The fourth-order valence-corrected chi connectivity index (χ4v) is 8.51. The van der Waals surface area contributed by atoms with E-state index in [-0.39, 0.29) is 18.5 Å². The molecule has 0 fully saturated rings. The van der Waals surface area contributed by atoms with E-state index in [4.69, 9.17) is 14.2 Å². The van der Waals surface area contributed by atoms with E-state index in [1.807, 2.05) is 0 Å². The number of ether oxygens (including phenoxy) is 3. The van der Waals surface area contributed by atoms with E-state index < -0.39 is 6.10 Å². The van der Waals surface area contributed by atoms with Crippen LogP contribution < -0.4 is 0 Å². The van der Waals surface area contributed by atoms with Gasteiger partial charge in [-0.15, -0.1) is 0 Å². The molecule has 0 aromatic carbocycles. The third kappa shape index (κ3) is 49.6. The van der Waals surface area contributed by atoms with Crippen LogP contribution in [0, 0.1) is 0 Å². The molecular weight excluding hydrogens is 741 g/mol. The second-order valence-corrected chi connectivity index (χ2v) is 18.9. The summed E-state index contributed by atoms with van der Waals surface area (Å²) in [6, 6.07) is 0. The van der Waals surface area contributed by atoms with E-state index in [2.05, 4.69) is 20.8 Å². The molecule has 0 aliphatic carbocycles. The van der Waals surface area contributed by atoms with Crippen molar-refractivity contribution in [3.05, 3.63) is 0 Å². The first-order valence-corrected chi connectivity index (χ1v) is 27.6. The molecule has 0 N–H and O–H groups in total. The Morgan fingerprint density at radius 1 is 0.300 bits per heavy atom. The predicted octanol–water partition coefficient (Wildman–Crippen LogP) is 18.5. The summed E-state index contributed by atoms with van der Waals surface area (Å²) in [4.78, 5) is 25.4. The average molecular weight is 849 g/mol. The van der Waals surface area contributed by atoms with Crippen molar-refractivity contribution in [3.8, 4) is 0 Å². The van der Waals surface area contributed by atoms with Gasteiger partial charge in [0, 0.05) is 19.4 Å². The van der Waals surface area contributed by atoms with Crippen LogP contribution in [0.3, 0.4) is 0 Å². The highest BCUT2D eigenvalue weighted by Gasteiger charge is 2.17. The Hall–Kier alpha value is -1.10. The lowest BCUT2D eigenvalue weighted by atomic mass is 10.0. The van der Waals surface area contributed by atoms with Crippen LogP contribution in [0.15, 0.2) is 0 Å². The molecule has 0 aromatic heterocycles. The SMILES string of the molecule is CCCCCCCCCCCCCCCCCCCC(=O)OCC(COCCCCCCCCCCCC)OC(=O)CCCCCCCCCCCCCCCCCCC. The molecule has 5 nitrogen and oxygen atoms in total. The number of rotatable bonds is 52. The van der Waals surface area contributed by atoms with Gasteiger partial charge in [0.25, 0.3) is 0 Å². The summed E-state index contributed by atoms with van der Waals surface area (Å²) < 4.78 is 17.4. The summed E-state index contributed by atoms with van der Waals surface area (Å²) in [5, 5.41) is 0. The Balaban J connectivity index is 4.12. The van der Waals surface area contributed by atoms with Crippen molar-refractivity contribution in [1.82, 2.24) is 0 Å². The third-order valence-corrected chi connectivity index (χ3v) is 12.6. The minimum absolute atomic E-state index is 0.0978. The maximum absolute atomic E-state index is 12.8. The topological polar surface area (TPSA) is 61.8 Å². The van der Waals surface area contributed by atoms with Crippen LogP contribution in [-0.2, 0) is 23.8 Å². The van der Waals surface area contributed by atoms with E-state index >= 15 is 0 Å². The predicted molar refractivity (Wildman–Crippen MR) is 261 cm³/mol. The Labute approximate surface area is 376 Å². The fourth-order valence-electron chi connectivity index (χ4n) is 8.51. The number of esters is 2. The standard InChI is InChI=1S/C55H108O5/c1-4-7-10-13-16-19-22-24-26-28-30-32-34-36-39-42-45-48-54(56)59-52-53(51-58-50-47-44-41-38-21-18-15-12-9-6-3)60-55(57)49-46-43-40-37-35-33-31-29-27-25-23-20-17-14-11-8-5-2/h53H,4-52H2,1-3H3. The molecule has 0 amide bonds. The van der Waals surface area contributed by atoms with Gasteiger partial charge >= 0.3 is 11.9 Å². The van der Waals surface area contributed by atoms with Crippen molar-refractivity contribution >= 4 is 11.9 Å². The van der Waals surface area contributed by atoms with Crippen molar-refractivity contribution in [3.63, 3.8) is 0 Å². The number of unbranched alkanes of at least 4 members (excludes halogenated alkanes) is 41.